The van der Waals surface area contributed by atoms with E-state index in [0.29, 0.717) is 40.9 Å². The lowest BCUT2D eigenvalue weighted by atomic mass is 9.86. The second-order valence-electron chi connectivity index (χ2n) is 8.34. The van der Waals surface area contributed by atoms with Gasteiger partial charge < -0.3 is 19.5 Å². The van der Waals surface area contributed by atoms with Crippen LogP contribution < -0.4 is 10.1 Å². The predicted molar refractivity (Wildman–Crippen MR) is 135 cm³/mol. The molecule has 0 bridgehead atoms. The van der Waals surface area contributed by atoms with Crippen LogP contribution in [0.3, 0.4) is 0 Å². The topological polar surface area (TPSA) is 90.9 Å². The Hall–Kier alpha value is -2.81. The van der Waals surface area contributed by atoms with Crippen LogP contribution in [-0.2, 0) is 24.1 Å². The van der Waals surface area contributed by atoms with Crippen LogP contribution in [0.2, 0.25) is 5.02 Å². The molecule has 35 heavy (non-hydrogen) atoms. The monoisotopic (exact) mass is 519 g/mol. The van der Waals surface area contributed by atoms with Crippen LogP contribution in [0.5, 0.6) is 5.75 Å². The fourth-order valence-corrected chi connectivity index (χ4v) is 6.01. The van der Waals surface area contributed by atoms with E-state index in [2.05, 4.69) is 5.32 Å². The number of halogens is 1. The quantitative estimate of drug-likeness (QED) is 0.369. The molecule has 1 aliphatic rings. The van der Waals surface area contributed by atoms with Gasteiger partial charge in [0.05, 0.1) is 41.1 Å². The molecule has 0 saturated heterocycles. The first-order chi connectivity index (χ1) is 16.6. The van der Waals surface area contributed by atoms with Gasteiger partial charge >= 0.3 is 5.97 Å². The van der Waals surface area contributed by atoms with Crippen molar-refractivity contribution in [1.82, 2.24) is 5.32 Å². The number of benzene rings is 2. The van der Waals surface area contributed by atoms with Crippen molar-refractivity contribution in [2.75, 3.05) is 20.3 Å². The van der Waals surface area contributed by atoms with Gasteiger partial charge in [-0.1, -0.05) is 29.8 Å². The third kappa shape index (κ3) is 5.89. The molecule has 7 nitrogen and oxygen atoms in total. The van der Waals surface area contributed by atoms with E-state index in [1.165, 1.54) is 19.2 Å². The lowest BCUT2D eigenvalue weighted by molar-refractivity contribution is -0.136. The Morgan fingerprint density at radius 1 is 1.03 bits per heavy atom. The number of dihydropyridines is 1. The fourth-order valence-electron chi connectivity index (χ4n) is 4.00. The molecule has 0 aromatic heterocycles. The van der Waals surface area contributed by atoms with E-state index < -0.39 is 21.7 Å². The Morgan fingerprint density at radius 2 is 1.69 bits per heavy atom. The SMILES string of the molecule is COC(=O)C1=C(C)NC(C)=C(S(=O)(=O)c2ccc(OCCOC(C)C)cc2)C1c1ccccc1Cl. The van der Waals surface area contributed by atoms with E-state index in [4.69, 9.17) is 25.8 Å². The number of carbonyl (C=O) groups is 1. The van der Waals surface area contributed by atoms with Gasteiger partial charge in [0.15, 0.2) is 0 Å². The maximum atomic E-state index is 13.9. The molecular weight excluding hydrogens is 490 g/mol. The summed E-state index contributed by atoms with van der Waals surface area (Å²) in [5.41, 5.74) is 1.60. The number of sulfone groups is 1. The Kier molecular flexibility index (Phi) is 8.64. The molecule has 0 saturated carbocycles. The number of ether oxygens (including phenoxy) is 3. The molecular formula is C26H30ClNO6S. The summed E-state index contributed by atoms with van der Waals surface area (Å²) in [4.78, 5) is 12.9. The van der Waals surface area contributed by atoms with Gasteiger partial charge in [0.2, 0.25) is 9.84 Å². The van der Waals surface area contributed by atoms with Crippen molar-refractivity contribution >= 4 is 27.4 Å². The van der Waals surface area contributed by atoms with E-state index in [-0.39, 0.29) is 21.5 Å². The third-order valence-electron chi connectivity index (χ3n) is 5.55. The standard InChI is InChI=1S/C26H30ClNO6S/c1-16(2)33-14-15-34-19-10-12-20(13-11-19)35(30,31)25-18(4)28-17(3)23(26(29)32-5)24(25)21-8-6-7-9-22(21)27/h6-13,16,24,28H,14-15H2,1-5H3. The summed E-state index contributed by atoms with van der Waals surface area (Å²) in [6.07, 6.45) is 0.102. The van der Waals surface area contributed by atoms with Crippen LogP contribution in [0, 0.1) is 0 Å². The molecule has 2 aromatic rings. The minimum absolute atomic E-state index is 0.0376. The van der Waals surface area contributed by atoms with Crippen LogP contribution in [0.4, 0.5) is 0 Å². The van der Waals surface area contributed by atoms with Crippen LogP contribution in [0.1, 0.15) is 39.2 Å². The summed E-state index contributed by atoms with van der Waals surface area (Å²) in [6, 6.07) is 13.1. The van der Waals surface area contributed by atoms with Gasteiger partial charge in [0, 0.05) is 16.4 Å². The summed E-state index contributed by atoms with van der Waals surface area (Å²) >= 11 is 6.49. The van der Waals surface area contributed by atoms with Gasteiger partial charge in [-0.05, 0) is 63.6 Å². The van der Waals surface area contributed by atoms with Crippen molar-refractivity contribution in [2.24, 2.45) is 0 Å². The molecule has 188 valence electrons. The maximum Gasteiger partial charge on any atom is 0.336 e. The largest absolute Gasteiger partial charge is 0.491 e. The van der Waals surface area contributed by atoms with Crippen LogP contribution in [0.25, 0.3) is 0 Å². The smallest absolute Gasteiger partial charge is 0.336 e. The molecule has 2 aromatic carbocycles. The summed E-state index contributed by atoms with van der Waals surface area (Å²) in [6.45, 7) is 8.03. The molecule has 0 spiro atoms. The average Bonchev–Trinajstić information content (AvgIpc) is 2.81. The fraction of sp³-hybridized carbons (Fsp3) is 0.346. The van der Waals surface area contributed by atoms with Crippen molar-refractivity contribution in [2.45, 2.75) is 44.6 Å². The van der Waals surface area contributed by atoms with E-state index >= 15 is 0 Å². The first-order valence-corrected chi connectivity index (χ1v) is 13.0. The maximum absolute atomic E-state index is 13.9. The Balaban J connectivity index is 2.02. The van der Waals surface area contributed by atoms with E-state index in [1.807, 2.05) is 13.8 Å². The first kappa shape index (κ1) is 26.8. The Labute approximate surface area is 211 Å². The van der Waals surface area contributed by atoms with Crippen LogP contribution in [0.15, 0.2) is 75.3 Å². The highest BCUT2D eigenvalue weighted by Gasteiger charge is 2.41. The lowest BCUT2D eigenvalue weighted by Crippen LogP contribution is -2.31. The zero-order chi connectivity index (χ0) is 25.8. The molecule has 1 heterocycles. The van der Waals surface area contributed by atoms with Gasteiger partial charge in [-0.15, -0.1) is 0 Å². The van der Waals surface area contributed by atoms with Gasteiger partial charge in [0.1, 0.15) is 12.4 Å². The van der Waals surface area contributed by atoms with Crippen molar-refractivity contribution in [3.63, 3.8) is 0 Å². The summed E-state index contributed by atoms with van der Waals surface area (Å²) in [7, 11) is -2.78. The first-order valence-electron chi connectivity index (χ1n) is 11.2. The number of esters is 1. The van der Waals surface area contributed by atoms with Crippen molar-refractivity contribution in [3.05, 3.63) is 81.0 Å². The molecule has 0 aliphatic carbocycles. The highest BCUT2D eigenvalue weighted by atomic mass is 35.5. The predicted octanol–water partition coefficient (Wildman–Crippen LogP) is 4.98. The molecule has 0 radical (unpaired) electrons. The zero-order valence-corrected chi connectivity index (χ0v) is 22.0. The summed E-state index contributed by atoms with van der Waals surface area (Å²) in [5.74, 6) is -1.04. The lowest BCUT2D eigenvalue weighted by Gasteiger charge is -2.31. The zero-order valence-electron chi connectivity index (χ0n) is 20.4. The second kappa shape index (κ2) is 11.3. The van der Waals surface area contributed by atoms with E-state index in [1.54, 1.807) is 50.2 Å². The number of rotatable bonds is 9. The summed E-state index contributed by atoms with van der Waals surface area (Å²) < 4.78 is 44.0. The minimum Gasteiger partial charge on any atom is -0.491 e. The summed E-state index contributed by atoms with van der Waals surface area (Å²) in [5, 5.41) is 3.39. The Bertz CT molecular complexity index is 1250. The van der Waals surface area contributed by atoms with Crippen LogP contribution >= 0.6 is 11.6 Å². The third-order valence-corrected chi connectivity index (χ3v) is 7.91. The molecule has 1 atom stereocenters. The minimum atomic E-state index is -4.04. The molecule has 0 amide bonds. The van der Waals surface area contributed by atoms with Gasteiger partial charge in [0.25, 0.3) is 0 Å². The van der Waals surface area contributed by atoms with Gasteiger partial charge in [-0.25, -0.2) is 13.2 Å². The van der Waals surface area contributed by atoms with Crippen molar-refractivity contribution in [3.8, 4) is 5.75 Å². The average molecular weight is 520 g/mol. The molecule has 9 heteroatoms. The molecule has 3 rings (SSSR count). The highest BCUT2D eigenvalue weighted by molar-refractivity contribution is 7.95. The van der Waals surface area contributed by atoms with Gasteiger partial charge in [-0.3, -0.25) is 0 Å². The van der Waals surface area contributed by atoms with E-state index in [0.717, 1.165) is 0 Å². The number of carbonyl (C=O) groups excluding carboxylic acids is 1. The molecule has 0 fully saturated rings. The number of nitrogens with one attached hydrogen (secondary N) is 1. The number of hydrogen-bond acceptors (Lipinski definition) is 7. The molecule has 1 aliphatic heterocycles. The van der Waals surface area contributed by atoms with Crippen molar-refractivity contribution < 1.29 is 27.4 Å². The molecule has 1 unspecified atom stereocenters. The van der Waals surface area contributed by atoms with E-state index in [9.17, 15) is 13.2 Å². The number of allylic oxidation sites excluding steroid dienone is 3. The van der Waals surface area contributed by atoms with Crippen LogP contribution in [-0.4, -0.2) is 40.8 Å². The normalized spacial score (nSPS) is 16.4. The number of methoxy groups -OCH3 is 1. The highest BCUT2D eigenvalue weighted by Crippen LogP contribution is 2.45. The Morgan fingerprint density at radius 3 is 2.29 bits per heavy atom. The molecule has 1 N–H and O–H groups in total. The van der Waals surface area contributed by atoms with Crippen molar-refractivity contribution in [1.29, 1.82) is 0 Å². The van der Waals surface area contributed by atoms with Gasteiger partial charge in [-0.2, -0.15) is 0 Å². The second-order valence-corrected chi connectivity index (χ2v) is 10.7. The number of hydrogen-bond donors (Lipinski definition) is 1.